The topological polar surface area (TPSA) is 55.4 Å². The molecule has 1 amide bonds. The zero-order valence-corrected chi connectivity index (χ0v) is 14.8. The van der Waals surface area contributed by atoms with Gasteiger partial charge in [-0.25, -0.2) is 0 Å². The molecule has 0 heterocycles. The van der Waals surface area contributed by atoms with Crippen LogP contribution in [0.1, 0.15) is 44.1 Å². The van der Waals surface area contributed by atoms with Gasteiger partial charge in [-0.15, -0.1) is 0 Å². The number of halogens is 3. The minimum atomic E-state index is -4.57. The zero-order chi connectivity index (χ0) is 19.2. The Morgan fingerprint density at radius 3 is 2.15 bits per heavy atom. The number of hydrogen-bond acceptors (Lipinski definition) is 3. The van der Waals surface area contributed by atoms with Crippen molar-refractivity contribution < 1.29 is 27.5 Å². The highest BCUT2D eigenvalue weighted by atomic mass is 19.4. The molecule has 4 fully saturated rings. The molecule has 0 radical (unpaired) electrons. The Kier molecular flexibility index (Phi) is 4.43. The molecule has 0 aromatic heterocycles. The van der Waals surface area contributed by atoms with Crippen LogP contribution in [0.3, 0.4) is 0 Å². The van der Waals surface area contributed by atoms with E-state index in [0.29, 0.717) is 17.8 Å². The van der Waals surface area contributed by atoms with Crippen molar-refractivity contribution in [3.63, 3.8) is 0 Å². The number of carbonyl (C=O) groups excluding carboxylic acids is 2. The van der Waals surface area contributed by atoms with Crippen LogP contribution in [0.15, 0.2) is 24.3 Å². The smallest absolute Gasteiger partial charge is 0.418 e. The molecule has 0 saturated heterocycles. The normalized spacial score (nSPS) is 31.6. The van der Waals surface area contributed by atoms with Crippen LogP contribution in [-0.4, -0.2) is 18.5 Å². The third-order valence-corrected chi connectivity index (χ3v) is 6.31. The molecule has 0 aliphatic heterocycles. The Bertz CT molecular complexity index is 724. The molecule has 5 rings (SSSR count). The average Bonchev–Trinajstić information content (AvgIpc) is 2.58. The Hall–Kier alpha value is -2.05. The van der Waals surface area contributed by atoms with Crippen LogP contribution in [0, 0.1) is 23.2 Å². The van der Waals surface area contributed by atoms with E-state index in [1.807, 2.05) is 0 Å². The molecule has 1 aromatic carbocycles. The first-order valence-electron chi connectivity index (χ1n) is 9.38. The highest BCUT2D eigenvalue weighted by Crippen LogP contribution is 2.60. The van der Waals surface area contributed by atoms with E-state index in [-0.39, 0.29) is 11.7 Å². The van der Waals surface area contributed by atoms with Crippen LogP contribution < -0.4 is 5.32 Å². The lowest BCUT2D eigenvalue weighted by Crippen LogP contribution is -2.50. The van der Waals surface area contributed by atoms with Crippen molar-refractivity contribution in [1.82, 2.24) is 0 Å². The van der Waals surface area contributed by atoms with Crippen LogP contribution in [0.5, 0.6) is 0 Å². The fourth-order valence-electron chi connectivity index (χ4n) is 5.67. The summed E-state index contributed by atoms with van der Waals surface area (Å²) in [5.74, 6) is 0.578. The summed E-state index contributed by atoms with van der Waals surface area (Å²) in [6.07, 6.45) is 1.42. The summed E-state index contributed by atoms with van der Waals surface area (Å²) in [4.78, 5) is 24.8. The molecule has 4 bridgehead atoms. The summed E-state index contributed by atoms with van der Waals surface area (Å²) < 4.78 is 44.3. The Labute approximate surface area is 155 Å². The zero-order valence-electron chi connectivity index (χ0n) is 14.8. The molecule has 7 heteroatoms. The fraction of sp³-hybridized carbons (Fsp3) is 0.600. The number of amides is 1. The molecule has 4 nitrogen and oxygen atoms in total. The first-order chi connectivity index (χ1) is 12.7. The molecule has 1 aromatic rings. The summed E-state index contributed by atoms with van der Waals surface area (Å²) in [5.41, 5.74) is -1.74. The van der Waals surface area contributed by atoms with E-state index in [1.54, 1.807) is 0 Å². The Morgan fingerprint density at radius 2 is 1.59 bits per heavy atom. The van der Waals surface area contributed by atoms with E-state index >= 15 is 0 Å². The molecule has 27 heavy (non-hydrogen) atoms. The molecule has 0 atom stereocenters. The van der Waals surface area contributed by atoms with Gasteiger partial charge in [-0.2, -0.15) is 13.2 Å². The van der Waals surface area contributed by atoms with E-state index in [0.717, 1.165) is 25.3 Å². The number of esters is 1. The van der Waals surface area contributed by atoms with Crippen LogP contribution >= 0.6 is 0 Å². The van der Waals surface area contributed by atoms with Crippen LogP contribution in [0.2, 0.25) is 0 Å². The summed E-state index contributed by atoms with van der Waals surface area (Å²) in [6, 6.07) is 4.75. The van der Waals surface area contributed by atoms with Gasteiger partial charge in [0.25, 0.3) is 5.91 Å². The highest BCUT2D eigenvalue weighted by Gasteiger charge is 2.55. The van der Waals surface area contributed by atoms with Gasteiger partial charge in [-0.3, -0.25) is 9.59 Å². The van der Waals surface area contributed by atoms with Gasteiger partial charge in [0.1, 0.15) is 0 Å². The lowest BCUT2D eigenvalue weighted by molar-refractivity contribution is -0.172. The SMILES string of the molecule is O=C(COC(=O)C12CC3CC(CC(C3)C1)C2)Nc1ccccc1C(F)(F)F. The van der Waals surface area contributed by atoms with Gasteiger partial charge in [-0.1, -0.05) is 12.1 Å². The monoisotopic (exact) mass is 381 g/mol. The Balaban J connectivity index is 1.37. The minimum absolute atomic E-state index is 0.333. The van der Waals surface area contributed by atoms with E-state index in [2.05, 4.69) is 5.32 Å². The largest absolute Gasteiger partial charge is 0.455 e. The van der Waals surface area contributed by atoms with Gasteiger partial charge < -0.3 is 10.1 Å². The van der Waals surface area contributed by atoms with Crippen LogP contribution in [0.4, 0.5) is 18.9 Å². The quantitative estimate of drug-likeness (QED) is 0.787. The number of rotatable bonds is 4. The number of alkyl halides is 3. The first-order valence-corrected chi connectivity index (χ1v) is 9.38. The molecule has 4 aliphatic carbocycles. The predicted molar refractivity (Wildman–Crippen MR) is 91.6 cm³/mol. The van der Waals surface area contributed by atoms with Crippen molar-refractivity contribution in [2.24, 2.45) is 23.2 Å². The van der Waals surface area contributed by atoms with E-state index in [1.165, 1.54) is 37.5 Å². The maximum Gasteiger partial charge on any atom is 0.418 e. The fourth-order valence-corrected chi connectivity index (χ4v) is 5.67. The molecule has 0 unspecified atom stereocenters. The Morgan fingerprint density at radius 1 is 1.04 bits per heavy atom. The molecule has 1 N–H and O–H groups in total. The predicted octanol–water partition coefficient (Wildman–Crippen LogP) is 4.40. The third kappa shape index (κ3) is 3.56. The summed E-state index contributed by atoms with van der Waals surface area (Å²) in [5, 5.41) is 2.21. The third-order valence-electron chi connectivity index (χ3n) is 6.31. The number of nitrogens with one attached hydrogen (secondary N) is 1. The number of para-hydroxylation sites is 1. The highest BCUT2D eigenvalue weighted by molar-refractivity contribution is 5.94. The first kappa shape index (κ1) is 18.3. The van der Waals surface area contributed by atoms with Crippen LogP contribution in [-0.2, 0) is 20.5 Å². The summed E-state index contributed by atoms with van der Waals surface area (Å²) >= 11 is 0. The maximum atomic E-state index is 13.0. The van der Waals surface area contributed by atoms with Gasteiger partial charge in [-0.05, 0) is 68.4 Å². The van der Waals surface area contributed by atoms with Gasteiger partial charge in [0.05, 0.1) is 16.7 Å². The number of benzene rings is 1. The van der Waals surface area contributed by atoms with Gasteiger partial charge in [0, 0.05) is 0 Å². The molecular weight excluding hydrogens is 359 g/mol. The van der Waals surface area contributed by atoms with Crippen molar-refractivity contribution in [3.8, 4) is 0 Å². The second-order valence-electron chi connectivity index (χ2n) is 8.37. The van der Waals surface area contributed by atoms with E-state index < -0.39 is 29.7 Å². The number of hydrogen-bond donors (Lipinski definition) is 1. The standard InChI is InChI=1S/C20H22F3NO3/c21-20(22,23)15-3-1-2-4-16(15)24-17(25)11-27-18(26)19-8-12-5-13(9-19)7-14(6-12)10-19/h1-4,12-14H,5-11H2,(H,24,25). The second kappa shape index (κ2) is 6.53. The lowest BCUT2D eigenvalue weighted by atomic mass is 9.49. The lowest BCUT2D eigenvalue weighted by Gasteiger charge is -2.55. The number of ether oxygens (including phenoxy) is 1. The number of carbonyl (C=O) groups is 2. The number of anilines is 1. The second-order valence-corrected chi connectivity index (χ2v) is 8.37. The molecule has 146 valence electrons. The molecule has 0 spiro atoms. The van der Waals surface area contributed by atoms with Crippen molar-refractivity contribution in [2.75, 3.05) is 11.9 Å². The van der Waals surface area contributed by atoms with Gasteiger partial charge >= 0.3 is 12.1 Å². The van der Waals surface area contributed by atoms with E-state index in [9.17, 15) is 22.8 Å². The van der Waals surface area contributed by atoms with Crippen molar-refractivity contribution in [3.05, 3.63) is 29.8 Å². The average molecular weight is 381 g/mol. The van der Waals surface area contributed by atoms with Gasteiger partial charge in [0.15, 0.2) is 6.61 Å². The van der Waals surface area contributed by atoms with Crippen molar-refractivity contribution >= 4 is 17.6 Å². The summed E-state index contributed by atoms with van der Waals surface area (Å²) in [7, 11) is 0. The molecule has 4 saturated carbocycles. The van der Waals surface area contributed by atoms with Crippen LogP contribution in [0.25, 0.3) is 0 Å². The molecule has 4 aliphatic rings. The van der Waals surface area contributed by atoms with Crippen molar-refractivity contribution in [2.45, 2.75) is 44.7 Å². The molecular formula is C20H22F3NO3. The van der Waals surface area contributed by atoms with Crippen molar-refractivity contribution in [1.29, 1.82) is 0 Å². The van der Waals surface area contributed by atoms with Gasteiger partial charge in [0.2, 0.25) is 0 Å². The summed E-state index contributed by atoms with van der Waals surface area (Å²) in [6.45, 7) is -0.563. The van der Waals surface area contributed by atoms with E-state index in [4.69, 9.17) is 4.74 Å². The minimum Gasteiger partial charge on any atom is -0.455 e. The maximum absolute atomic E-state index is 13.0.